The minimum absolute atomic E-state index is 0.0867. The predicted molar refractivity (Wildman–Crippen MR) is 70.5 cm³/mol. The monoisotopic (exact) mass is 304 g/mol. The molecule has 0 N–H and O–H groups in total. The summed E-state index contributed by atoms with van der Waals surface area (Å²) < 4.78 is 4.24. The molecule has 0 fully saturated rings. The van der Waals surface area contributed by atoms with E-state index >= 15 is 0 Å². The van der Waals surface area contributed by atoms with Crippen LogP contribution < -0.4 is 5.56 Å². The highest BCUT2D eigenvalue weighted by atomic mass is 79.9. The first-order valence-electron chi connectivity index (χ1n) is 5.36. The summed E-state index contributed by atoms with van der Waals surface area (Å²) in [5, 5.41) is 0. The molecule has 0 atom stereocenters. The van der Waals surface area contributed by atoms with Crippen LogP contribution in [0.15, 0.2) is 52.4 Å². The van der Waals surface area contributed by atoms with Crippen molar-refractivity contribution in [1.29, 1.82) is 0 Å². The Labute approximate surface area is 111 Å². The molecule has 0 bridgehead atoms. The first-order valence-corrected chi connectivity index (χ1v) is 6.15. The van der Waals surface area contributed by atoms with Gasteiger partial charge in [0.25, 0.3) is 5.56 Å². The van der Waals surface area contributed by atoms with Crippen LogP contribution in [-0.4, -0.2) is 18.9 Å². The molecule has 0 amide bonds. The number of halogens is 1. The maximum Gasteiger partial charge on any atom is 0.258 e. The van der Waals surface area contributed by atoms with E-state index < -0.39 is 0 Å². The number of imidazole rings is 1. The average molecular weight is 305 g/mol. The predicted octanol–water partition coefficient (Wildman–Crippen LogP) is 1.70. The Bertz CT molecular complexity index is 748. The zero-order chi connectivity index (χ0) is 12.5. The smallest absolute Gasteiger partial charge is 0.258 e. The third-order valence-electron chi connectivity index (χ3n) is 2.58. The number of fused-ring (bicyclic) bond motifs is 1. The van der Waals surface area contributed by atoms with Crippen LogP contribution in [0.4, 0.5) is 0 Å². The van der Waals surface area contributed by atoms with Crippen LogP contribution in [-0.2, 0) is 6.54 Å². The molecule has 3 aromatic heterocycles. The molecule has 0 aliphatic carbocycles. The Kier molecular flexibility index (Phi) is 2.71. The second kappa shape index (κ2) is 4.38. The van der Waals surface area contributed by atoms with Crippen molar-refractivity contribution in [3.05, 3.63) is 63.6 Å². The molecule has 0 aromatic carbocycles. The van der Waals surface area contributed by atoms with Crippen LogP contribution >= 0.6 is 15.9 Å². The number of pyridine rings is 1. The maximum absolute atomic E-state index is 12.0. The van der Waals surface area contributed by atoms with Crippen LogP contribution in [0.3, 0.4) is 0 Å². The lowest BCUT2D eigenvalue weighted by Crippen LogP contribution is -2.16. The van der Waals surface area contributed by atoms with E-state index in [2.05, 4.69) is 25.9 Å². The van der Waals surface area contributed by atoms with E-state index in [1.807, 2.05) is 22.9 Å². The van der Waals surface area contributed by atoms with E-state index in [1.54, 1.807) is 24.8 Å². The zero-order valence-corrected chi connectivity index (χ0v) is 10.9. The van der Waals surface area contributed by atoms with Gasteiger partial charge in [-0.1, -0.05) is 0 Å². The Hall–Kier alpha value is -1.95. The molecule has 5 nitrogen and oxygen atoms in total. The van der Waals surface area contributed by atoms with Crippen molar-refractivity contribution in [3.8, 4) is 0 Å². The summed E-state index contributed by atoms with van der Waals surface area (Å²) in [4.78, 5) is 20.4. The van der Waals surface area contributed by atoms with Crippen molar-refractivity contribution >= 4 is 21.6 Å². The number of nitrogens with zero attached hydrogens (tertiary/aromatic N) is 4. The molecule has 3 heterocycles. The molecule has 0 spiro atoms. The summed E-state index contributed by atoms with van der Waals surface area (Å²) >= 11 is 3.33. The van der Waals surface area contributed by atoms with Gasteiger partial charge in [0.05, 0.1) is 18.6 Å². The molecule has 0 radical (unpaired) electrons. The fourth-order valence-corrected chi connectivity index (χ4v) is 2.11. The highest BCUT2D eigenvalue weighted by Crippen LogP contribution is 2.09. The van der Waals surface area contributed by atoms with Crippen molar-refractivity contribution in [1.82, 2.24) is 18.9 Å². The maximum atomic E-state index is 12.0. The first kappa shape index (κ1) is 11.2. The lowest BCUT2D eigenvalue weighted by Gasteiger charge is -2.05. The second-order valence-electron chi connectivity index (χ2n) is 3.90. The van der Waals surface area contributed by atoms with E-state index in [4.69, 9.17) is 0 Å². The molecular weight excluding hydrogens is 296 g/mol. The molecule has 0 saturated heterocycles. The Balaban J connectivity index is 2.10. The third kappa shape index (κ3) is 2.06. The van der Waals surface area contributed by atoms with Gasteiger partial charge >= 0.3 is 0 Å². The lowest BCUT2D eigenvalue weighted by atomic mass is 10.3. The van der Waals surface area contributed by atoms with Gasteiger partial charge < -0.3 is 4.57 Å². The molecule has 18 heavy (non-hydrogen) atoms. The highest BCUT2D eigenvalue weighted by Gasteiger charge is 2.03. The van der Waals surface area contributed by atoms with Gasteiger partial charge in [-0.3, -0.25) is 9.20 Å². The van der Waals surface area contributed by atoms with Crippen LogP contribution in [0.1, 0.15) is 5.69 Å². The molecule has 3 aromatic rings. The summed E-state index contributed by atoms with van der Waals surface area (Å²) in [5.74, 6) is 0. The van der Waals surface area contributed by atoms with Gasteiger partial charge in [0, 0.05) is 29.1 Å². The van der Waals surface area contributed by atoms with Crippen LogP contribution in [0.5, 0.6) is 0 Å². The number of hydrogen-bond donors (Lipinski definition) is 0. The Morgan fingerprint density at radius 2 is 2.22 bits per heavy atom. The summed E-state index contributed by atoms with van der Waals surface area (Å²) in [6.07, 6.45) is 6.95. The topological polar surface area (TPSA) is 52.2 Å². The Morgan fingerprint density at radius 3 is 3.00 bits per heavy atom. The number of aromatic nitrogens is 4. The van der Waals surface area contributed by atoms with E-state index in [-0.39, 0.29) is 5.56 Å². The van der Waals surface area contributed by atoms with Crippen molar-refractivity contribution < 1.29 is 0 Å². The summed E-state index contributed by atoms with van der Waals surface area (Å²) in [6, 6.07) is 5.21. The van der Waals surface area contributed by atoms with Gasteiger partial charge in [-0.05, 0) is 28.1 Å². The summed E-state index contributed by atoms with van der Waals surface area (Å²) in [5.41, 5.74) is 1.28. The van der Waals surface area contributed by atoms with Crippen LogP contribution in [0.25, 0.3) is 5.65 Å². The van der Waals surface area contributed by atoms with Gasteiger partial charge in [-0.25, -0.2) is 9.97 Å². The standard InChI is InChI=1S/C12H9BrN4O/c13-9-1-2-11-15-10(5-12(18)17(11)6-9)7-16-4-3-14-8-16/h1-6,8H,7H2. The second-order valence-corrected chi connectivity index (χ2v) is 4.81. The first-order chi connectivity index (χ1) is 8.72. The van der Waals surface area contributed by atoms with Crippen LogP contribution in [0.2, 0.25) is 0 Å². The third-order valence-corrected chi connectivity index (χ3v) is 3.05. The normalized spacial score (nSPS) is 10.9. The highest BCUT2D eigenvalue weighted by molar-refractivity contribution is 9.10. The van der Waals surface area contributed by atoms with E-state index in [1.165, 1.54) is 4.40 Å². The fraction of sp³-hybridized carbons (Fsp3) is 0.0833. The van der Waals surface area contributed by atoms with Gasteiger partial charge in [-0.2, -0.15) is 0 Å². The SMILES string of the molecule is O=c1cc(Cn2ccnc2)nc2ccc(Br)cn12. The minimum atomic E-state index is -0.0867. The summed E-state index contributed by atoms with van der Waals surface area (Å²) in [7, 11) is 0. The van der Waals surface area contributed by atoms with Gasteiger partial charge in [0.1, 0.15) is 5.65 Å². The number of rotatable bonds is 2. The number of hydrogen-bond acceptors (Lipinski definition) is 3. The van der Waals surface area contributed by atoms with Crippen LogP contribution in [0, 0.1) is 0 Å². The molecule has 0 aliphatic rings. The van der Waals surface area contributed by atoms with Crippen molar-refractivity contribution in [2.45, 2.75) is 6.54 Å². The molecule has 0 aliphatic heterocycles. The molecular formula is C12H9BrN4O. The average Bonchev–Trinajstić information content (AvgIpc) is 2.83. The molecule has 6 heteroatoms. The molecule has 0 unspecified atom stereocenters. The van der Waals surface area contributed by atoms with Gasteiger partial charge in [0.15, 0.2) is 0 Å². The minimum Gasteiger partial charge on any atom is -0.331 e. The van der Waals surface area contributed by atoms with Crippen molar-refractivity contribution in [3.63, 3.8) is 0 Å². The van der Waals surface area contributed by atoms with Crippen molar-refractivity contribution in [2.75, 3.05) is 0 Å². The summed E-state index contributed by atoms with van der Waals surface area (Å²) in [6.45, 7) is 0.543. The molecule has 3 rings (SSSR count). The van der Waals surface area contributed by atoms with E-state index in [0.717, 1.165) is 10.2 Å². The van der Waals surface area contributed by atoms with E-state index in [0.29, 0.717) is 12.2 Å². The quantitative estimate of drug-likeness (QED) is 0.724. The van der Waals surface area contributed by atoms with E-state index in [9.17, 15) is 4.79 Å². The largest absolute Gasteiger partial charge is 0.331 e. The van der Waals surface area contributed by atoms with Gasteiger partial charge in [-0.15, -0.1) is 0 Å². The molecule has 90 valence electrons. The van der Waals surface area contributed by atoms with Gasteiger partial charge in [0.2, 0.25) is 0 Å². The molecule has 0 saturated carbocycles. The van der Waals surface area contributed by atoms with Crippen molar-refractivity contribution in [2.24, 2.45) is 0 Å². The lowest BCUT2D eigenvalue weighted by molar-refractivity contribution is 0.768. The zero-order valence-electron chi connectivity index (χ0n) is 9.32. The fourth-order valence-electron chi connectivity index (χ4n) is 1.77. The Morgan fingerprint density at radius 1 is 1.33 bits per heavy atom.